The molecule has 0 amide bonds. The van der Waals surface area contributed by atoms with Crippen molar-refractivity contribution in [3.05, 3.63) is 64.8 Å². The fourth-order valence-corrected chi connectivity index (χ4v) is 3.27. The largest absolute Gasteiger partial charge is 0.454 e. The summed E-state index contributed by atoms with van der Waals surface area (Å²) in [6.45, 7) is 7.13. The molecule has 0 saturated heterocycles. The summed E-state index contributed by atoms with van der Waals surface area (Å²) in [7, 11) is 0. The van der Waals surface area contributed by atoms with Crippen LogP contribution in [0.3, 0.4) is 0 Å². The first-order valence-electron chi connectivity index (χ1n) is 9.46. The molecular weight excluding hydrogens is 352 g/mol. The Morgan fingerprint density at radius 2 is 1.86 bits per heavy atom. The van der Waals surface area contributed by atoms with Crippen molar-refractivity contribution in [2.24, 2.45) is 0 Å². The molecule has 1 aromatic heterocycles. The number of fused-ring (bicyclic) bond motifs is 1. The summed E-state index contributed by atoms with van der Waals surface area (Å²) in [6.07, 6.45) is 0.949. The van der Waals surface area contributed by atoms with E-state index in [1.54, 1.807) is 0 Å². The smallest absolute Gasteiger partial charge is 0.231 e. The van der Waals surface area contributed by atoms with Gasteiger partial charge in [-0.25, -0.2) is 4.98 Å². The van der Waals surface area contributed by atoms with Crippen LogP contribution in [0, 0.1) is 13.8 Å². The Labute approximate surface area is 164 Å². The maximum Gasteiger partial charge on any atom is 0.231 e. The Hall–Kier alpha value is -3.28. The molecule has 2 heterocycles. The first-order valence-corrected chi connectivity index (χ1v) is 9.46. The summed E-state index contributed by atoms with van der Waals surface area (Å²) < 4.78 is 10.8. The molecule has 4 rings (SSSR count). The molecule has 2 N–H and O–H groups in total. The number of rotatable bonds is 6. The highest BCUT2D eigenvalue weighted by molar-refractivity contribution is 5.64. The van der Waals surface area contributed by atoms with Gasteiger partial charge in [0.2, 0.25) is 12.7 Å². The van der Waals surface area contributed by atoms with E-state index >= 15 is 0 Å². The van der Waals surface area contributed by atoms with Crippen LogP contribution in [0.2, 0.25) is 0 Å². The number of aromatic nitrogens is 2. The third-order valence-electron chi connectivity index (χ3n) is 4.74. The van der Waals surface area contributed by atoms with Gasteiger partial charge in [0.05, 0.1) is 0 Å². The van der Waals surface area contributed by atoms with Gasteiger partial charge in [0.25, 0.3) is 0 Å². The number of para-hydroxylation sites is 1. The Morgan fingerprint density at radius 3 is 2.71 bits per heavy atom. The molecule has 28 heavy (non-hydrogen) atoms. The molecule has 3 aromatic rings. The van der Waals surface area contributed by atoms with Crippen molar-refractivity contribution >= 4 is 17.5 Å². The standard InChI is InChI=1S/C22H24N4O2/c1-4-17-7-5-6-14(2)21(17)26-22-24-15(3)10-20(25-22)23-12-16-8-9-18-19(11-16)28-13-27-18/h5-11H,4,12-13H2,1-3H3,(H2,23,24,25,26). The molecule has 1 aliphatic rings. The number of anilines is 3. The molecular formula is C22H24N4O2. The van der Waals surface area contributed by atoms with Crippen LogP contribution in [0.25, 0.3) is 0 Å². The lowest BCUT2D eigenvalue weighted by atomic mass is 10.1. The van der Waals surface area contributed by atoms with Crippen molar-refractivity contribution in [1.82, 2.24) is 9.97 Å². The Morgan fingerprint density at radius 1 is 1.00 bits per heavy atom. The van der Waals surface area contributed by atoms with Crippen LogP contribution in [-0.4, -0.2) is 16.8 Å². The lowest BCUT2D eigenvalue weighted by Gasteiger charge is -2.14. The molecule has 0 unspecified atom stereocenters. The molecule has 0 aliphatic carbocycles. The lowest BCUT2D eigenvalue weighted by Crippen LogP contribution is -2.07. The van der Waals surface area contributed by atoms with Gasteiger partial charge in [0.15, 0.2) is 11.5 Å². The van der Waals surface area contributed by atoms with E-state index < -0.39 is 0 Å². The van der Waals surface area contributed by atoms with E-state index in [-0.39, 0.29) is 6.79 Å². The van der Waals surface area contributed by atoms with E-state index in [2.05, 4.69) is 52.6 Å². The molecule has 1 aliphatic heterocycles. The molecule has 0 spiro atoms. The second-order valence-electron chi connectivity index (χ2n) is 6.85. The predicted molar refractivity (Wildman–Crippen MR) is 111 cm³/mol. The zero-order valence-corrected chi connectivity index (χ0v) is 16.4. The van der Waals surface area contributed by atoms with Gasteiger partial charge in [-0.2, -0.15) is 4.98 Å². The first kappa shape index (κ1) is 18.1. The van der Waals surface area contributed by atoms with Gasteiger partial charge in [-0.3, -0.25) is 0 Å². The summed E-state index contributed by atoms with van der Waals surface area (Å²) in [5, 5.41) is 6.78. The lowest BCUT2D eigenvalue weighted by molar-refractivity contribution is 0.174. The normalized spacial score (nSPS) is 12.1. The minimum Gasteiger partial charge on any atom is -0.454 e. The average molecular weight is 376 g/mol. The quantitative estimate of drug-likeness (QED) is 0.648. The topological polar surface area (TPSA) is 68.3 Å². The summed E-state index contributed by atoms with van der Waals surface area (Å²) in [4.78, 5) is 9.19. The van der Waals surface area contributed by atoms with Crippen molar-refractivity contribution in [3.8, 4) is 11.5 Å². The van der Waals surface area contributed by atoms with E-state index in [0.717, 1.165) is 40.7 Å². The Balaban J connectivity index is 1.51. The van der Waals surface area contributed by atoms with Crippen LogP contribution in [0.1, 0.15) is 29.3 Å². The molecule has 0 radical (unpaired) electrons. The predicted octanol–water partition coefficient (Wildman–Crippen LogP) is 4.74. The van der Waals surface area contributed by atoms with Crippen LogP contribution >= 0.6 is 0 Å². The van der Waals surface area contributed by atoms with Gasteiger partial charge < -0.3 is 20.1 Å². The van der Waals surface area contributed by atoms with Crippen LogP contribution < -0.4 is 20.1 Å². The average Bonchev–Trinajstić information content (AvgIpc) is 3.15. The van der Waals surface area contributed by atoms with E-state index in [4.69, 9.17) is 9.47 Å². The van der Waals surface area contributed by atoms with Gasteiger partial charge in [-0.05, 0) is 49.1 Å². The van der Waals surface area contributed by atoms with Crippen molar-refractivity contribution in [1.29, 1.82) is 0 Å². The molecule has 0 atom stereocenters. The van der Waals surface area contributed by atoms with Gasteiger partial charge >= 0.3 is 0 Å². The van der Waals surface area contributed by atoms with Crippen LogP contribution in [-0.2, 0) is 13.0 Å². The van der Waals surface area contributed by atoms with Gasteiger partial charge in [-0.1, -0.05) is 31.2 Å². The molecule has 0 bridgehead atoms. The van der Waals surface area contributed by atoms with Crippen molar-refractivity contribution in [2.45, 2.75) is 33.7 Å². The molecule has 2 aromatic carbocycles. The minimum absolute atomic E-state index is 0.283. The fraction of sp³-hybridized carbons (Fsp3) is 0.273. The minimum atomic E-state index is 0.283. The van der Waals surface area contributed by atoms with E-state index in [0.29, 0.717) is 12.5 Å². The maximum absolute atomic E-state index is 5.44. The van der Waals surface area contributed by atoms with E-state index in [1.807, 2.05) is 31.2 Å². The molecule has 6 heteroatoms. The molecule has 0 saturated carbocycles. The van der Waals surface area contributed by atoms with Crippen molar-refractivity contribution < 1.29 is 9.47 Å². The van der Waals surface area contributed by atoms with Crippen LogP contribution in [0.5, 0.6) is 11.5 Å². The highest BCUT2D eigenvalue weighted by Crippen LogP contribution is 2.32. The van der Waals surface area contributed by atoms with Crippen molar-refractivity contribution in [3.63, 3.8) is 0 Å². The third kappa shape index (κ3) is 3.86. The number of aryl methyl sites for hydroxylation is 3. The fourth-order valence-electron chi connectivity index (χ4n) is 3.27. The zero-order valence-electron chi connectivity index (χ0n) is 16.4. The number of nitrogens with zero attached hydrogens (tertiary/aromatic N) is 2. The monoisotopic (exact) mass is 376 g/mol. The summed E-state index contributed by atoms with van der Waals surface area (Å²) in [6, 6.07) is 14.2. The second-order valence-corrected chi connectivity index (χ2v) is 6.85. The molecule has 0 fully saturated rings. The summed E-state index contributed by atoms with van der Waals surface area (Å²) in [5.41, 5.74) is 5.51. The highest BCUT2D eigenvalue weighted by Gasteiger charge is 2.13. The van der Waals surface area contributed by atoms with Crippen molar-refractivity contribution in [2.75, 3.05) is 17.4 Å². The number of ether oxygens (including phenoxy) is 2. The third-order valence-corrected chi connectivity index (χ3v) is 4.74. The van der Waals surface area contributed by atoms with Crippen LogP contribution in [0.4, 0.5) is 17.5 Å². The maximum atomic E-state index is 5.44. The zero-order chi connectivity index (χ0) is 19.5. The van der Waals surface area contributed by atoms with Gasteiger partial charge in [0, 0.05) is 24.0 Å². The van der Waals surface area contributed by atoms with E-state index in [9.17, 15) is 0 Å². The number of nitrogens with one attached hydrogen (secondary N) is 2. The summed E-state index contributed by atoms with van der Waals surface area (Å²) in [5.74, 6) is 2.95. The van der Waals surface area contributed by atoms with Gasteiger partial charge in [0.1, 0.15) is 5.82 Å². The summed E-state index contributed by atoms with van der Waals surface area (Å²) >= 11 is 0. The number of hydrogen-bond donors (Lipinski definition) is 2. The number of benzene rings is 2. The number of hydrogen-bond acceptors (Lipinski definition) is 6. The SMILES string of the molecule is CCc1cccc(C)c1Nc1nc(C)cc(NCc2ccc3c(c2)OCO3)n1. The molecule has 144 valence electrons. The molecule has 6 nitrogen and oxygen atoms in total. The highest BCUT2D eigenvalue weighted by atomic mass is 16.7. The Bertz CT molecular complexity index is 1000. The first-order chi connectivity index (χ1) is 13.6. The van der Waals surface area contributed by atoms with Gasteiger partial charge in [-0.15, -0.1) is 0 Å². The Kier molecular flexibility index (Phi) is 5.02. The second kappa shape index (κ2) is 7.76. The van der Waals surface area contributed by atoms with E-state index in [1.165, 1.54) is 11.1 Å². The van der Waals surface area contributed by atoms with Crippen LogP contribution in [0.15, 0.2) is 42.5 Å².